The lowest BCUT2D eigenvalue weighted by atomic mass is 9.98. The minimum atomic E-state index is -0.350. The van der Waals surface area contributed by atoms with Crippen LogP contribution in [-0.4, -0.2) is 21.7 Å². The number of hydrogen-bond donors (Lipinski definition) is 2. The van der Waals surface area contributed by atoms with Gasteiger partial charge in [0.15, 0.2) is 5.88 Å². The number of carbonyl (C=O) groups excluding carboxylic acids is 1. The van der Waals surface area contributed by atoms with Gasteiger partial charge in [0.25, 0.3) is 5.91 Å². The number of halogens is 1. The maximum Gasteiger partial charge on any atom is 0.280 e. The average Bonchev–Trinajstić information content (AvgIpc) is 3.28. The van der Waals surface area contributed by atoms with Gasteiger partial charge < -0.3 is 10.1 Å². The Hall–Kier alpha value is -3.44. The van der Waals surface area contributed by atoms with Crippen LogP contribution in [0.15, 0.2) is 88.3 Å². The molecule has 1 aliphatic rings. The Morgan fingerprint density at radius 3 is 2.00 bits per heavy atom. The van der Waals surface area contributed by atoms with Gasteiger partial charge in [-0.05, 0) is 28.8 Å². The number of nitrogens with zero attached hydrogens (tertiary/aromatic N) is 1. The minimum absolute atomic E-state index is 0.0466. The number of H-pyrrole nitrogens is 1. The van der Waals surface area contributed by atoms with Crippen LogP contribution in [-0.2, 0) is 0 Å². The van der Waals surface area contributed by atoms with E-state index in [0.717, 1.165) is 26.7 Å². The van der Waals surface area contributed by atoms with Crippen LogP contribution in [0.1, 0.15) is 21.5 Å². The smallest absolute Gasteiger partial charge is 0.280 e. The molecule has 0 bridgehead atoms. The molecule has 0 fully saturated rings. The van der Waals surface area contributed by atoms with Crippen LogP contribution in [0.4, 0.5) is 0 Å². The van der Waals surface area contributed by atoms with Crippen molar-refractivity contribution in [3.8, 4) is 28.3 Å². The monoisotopic (exact) mass is 442 g/mol. The Bertz CT molecular complexity index is 1250. The normalized spacial score (nSPS) is 12.7. The SMILES string of the molecule is O=C1N=C(c2ccc(Br)cc2)c2c(O)[nH]c(-c3ccc(-c4ccccc4)cc3)c21. The van der Waals surface area contributed by atoms with Gasteiger partial charge in [-0.2, -0.15) is 0 Å². The Morgan fingerprint density at radius 2 is 1.31 bits per heavy atom. The lowest BCUT2D eigenvalue weighted by molar-refractivity contribution is 0.101. The van der Waals surface area contributed by atoms with Gasteiger partial charge in [-0.25, -0.2) is 4.99 Å². The fourth-order valence-corrected chi connectivity index (χ4v) is 3.90. The first-order valence-electron chi connectivity index (χ1n) is 9.12. The highest BCUT2D eigenvalue weighted by Crippen LogP contribution is 2.38. The van der Waals surface area contributed by atoms with Gasteiger partial charge in [0.1, 0.15) is 0 Å². The van der Waals surface area contributed by atoms with Crippen molar-refractivity contribution >= 4 is 27.5 Å². The Morgan fingerprint density at radius 1 is 0.724 bits per heavy atom. The van der Waals surface area contributed by atoms with E-state index in [-0.39, 0.29) is 11.8 Å². The van der Waals surface area contributed by atoms with Crippen molar-refractivity contribution in [2.75, 3.05) is 0 Å². The zero-order valence-electron chi connectivity index (χ0n) is 15.2. The molecule has 1 aromatic heterocycles. The molecule has 29 heavy (non-hydrogen) atoms. The molecule has 0 saturated heterocycles. The van der Waals surface area contributed by atoms with Crippen molar-refractivity contribution in [1.29, 1.82) is 0 Å². The van der Waals surface area contributed by atoms with E-state index in [1.807, 2.05) is 66.7 Å². The van der Waals surface area contributed by atoms with Gasteiger partial charge in [0.05, 0.1) is 22.5 Å². The molecule has 0 saturated carbocycles. The first kappa shape index (κ1) is 17.6. The third-order valence-corrected chi connectivity index (χ3v) is 5.57. The zero-order chi connectivity index (χ0) is 20.0. The number of aliphatic imine (C=N–C) groups is 1. The summed E-state index contributed by atoms with van der Waals surface area (Å²) in [6.45, 7) is 0. The second-order valence-electron chi connectivity index (χ2n) is 6.81. The highest BCUT2D eigenvalue weighted by Gasteiger charge is 2.33. The first-order chi connectivity index (χ1) is 14.1. The summed E-state index contributed by atoms with van der Waals surface area (Å²) in [6, 6.07) is 25.5. The van der Waals surface area contributed by atoms with Crippen LogP contribution < -0.4 is 0 Å². The van der Waals surface area contributed by atoms with E-state index >= 15 is 0 Å². The molecule has 0 aliphatic carbocycles. The van der Waals surface area contributed by atoms with E-state index in [4.69, 9.17) is 0 Å². The van der Waals surface area contributed by atoms with Crippen LogP contribution in [0.5, 0.6) is 5.88 Å². The van der Waals surface area contributed by atoms with Crippen LogP contribution >= 0.6 is 15.9 Å². The quantitative estimate of drug-likeness (QED) is 0.420. The molecule has 2 heterocycles. The summed E-state index contributed by atoms with van der Waals surface area (Å²) in [5.74, 6) is -0.397. The molecule has 5 rings (SSSR count). The Kier molecular flexibility index (Phi) is 4.18. The van der Waals surface area contributed by atoms with Gasteiger partial charge in [-0.15, -0.1) is 0 Å². The van der Waals surface area contributed by atoms with Crippen molar-refractivity contribution in [2.45, 2.75) is 0 Å². The fourth-order valence-electron chi connectivity index (χ4n) is 3.64. The lowest BCUT2D eigenvalue weighted by Gasteiger charge is -2.04. The molecule has 1 aliphatic heterocycles. The topological polar surface area (TPSA) is 65.4 Å². The van der Waals surface area contributed by atoms with E-state index in [1.165, 1.54) is 0 Å². The van der Waals surface area contributed by atoms with Gasteiger partial charge in [0, 0.05) is 10.0 Å². The molecule has 1 amide bonds. The third kappa shape index (κ3) is 3.00. The van der Waals surface area contributed by atoms with E-state index in [1.54, 1.807) is 0 Å². The summed E-state index contributed by atoms with van der Waals surface area (Å²) in [5, 5.41) is 10.6. The van der Waals surface area contributed by atoms with Gasteiger partial charge in [0.2, 0.25) is 0 Å². The predicted octanol–water partition coefficient (Wildman–Crippen LogP) is 5.81. The third-order valence-electron chi connectivity index (χ3n) is 5.04. The molecule has 4 aromatic rings. The van der Waals surface area contributed by atoms with Gasteiger partial charge in [-0.3, -0.25) is 4.79 Å². The maximum atomic E-state index is 12.7. The van der Waals surface area contributed by atoms with Gasteiger partial charge >= 0.3 is 0 Å². The van der Waals surface area contributed by atoms with Crippen molar-refractivity contribution < 1.29 is 9.90 Å². The summed E-state index contributed by atoms with van der Waals surface area (Å²) in [6.07, 6.45) is 0. The Balaban J connectivity index is 1.56. The minimum Gasteiger partial charge on any atom is -0.494 e. The molecule has 5 heteroatoms. The lowest BCUT2D eigenvalue weighted by Crippen LogP contribution is -1.99. The number of aromatic nitrogens is 1. The number of rotatable bonds is 3. The summed E-state index contributed by atoms with van der Waals surface area (Å²) < 4.78 is 0.934. The molecular formula is C24H15BrN2O2. The van der Waals surface area contributed by atoms with E-state index in [0.29, 0.717) is 22.5 Å². The van der Waals surface area contributed by atoms with Crippen LogP contribution in [0.25, 0.3) is 22.4 Å². The standard InChI is InChI=1S/C24H15BrN2O2/c25-18-12-10-17(11-13-18)22-20-19(23(28)27-22)21(26-24(20)29)16-8-6-15(7-9-16)14-4-2-1-3-5-14/h1-13,26,29H. The number of aromatic amines is 1. The number of hydrogen-bond acceptors (Lipinski definition) is 2. The van der Waals surface area contributed by atoms with Crippen molar-refractivity contribution in [2.24, 2.45) is 4.99 Å². The molecule has 3 aromatic carbocycles. The first-order valence-corrected chi connectivity index (χ1v) is 9.91. The van der Waals surface area contributed by atoms with Crippen molar-refractivity contribution in [3.63, 3.8) is 0 Å². The number of benzene rings is 3. The number of amides is 1. The average molecular weight is 443 g/mol. The highest BCUT2D eigenvalue weighted by atomic mass is 79.9. The number of nitrogens with one attached hydrogen (secondary N) is 1. The van der Waals surface area contributed by atoms with E-state index in [9.17, 15) is 9.90 Å². The molecule has 0 atom stereocenters. The van der Waals surface area contributed by atoms with Crippen LogP contribution in [0.2, 0.25) is 0 Å². The molecule has 0 radical (unpaired) electrons. The maximum absolute atomic E-state index is 12.7. The van der Waals surface area contributed by atoms with Crippen LogP contribution in [0, 0.1) is 0 Å². The summed E-state index contributed by atoms with van der Waals surface area (Å²) in [4.78, 5) is 19.9. The molecule has 0 unspecified atom stereocenters. The second kappa shape index (κ2) is 6.87. The van der Waals surface area contributed by atoms with E-state index in [2.05, 4.69) is 38.0 Å². The van der Waals surface area contributed by atoms with E-state index < -0.39 is 0 Å². The Labute approximate surface area is 175 Å². The molecular weight excluding hydrogens is 428 g/mol. The predicted molar refractivity (Wildman–Crippen MR) is 117 cm³/mol. The fraction of sp³-hybridized carbons (Fsp3) is 0. The number of aromatic hydroxyl groups is 1. The second-order valence-corrected chi connectivity index (χ2v) is 7.73. The summed E-state index contributed by atoms with van der Waals surface area (Å²) >= 11 is 3.41. The van der Waals surface area contributed by atoms with Crippen LogP contribution in [0.3, 0.4) is 0 Å². The highest BCUT2D eigenvalue weighted by molar-refractivity contribution is 9.10. The molecule has 4 nitrogen and oxygen atoms in total. The zero-order valence-corrected chi connectivity index (χ0v) is 16.8. The van der Waals surface area contributed by atoms with Crippen molar-refractivity contribution in [1.82, 2.24) is 4.98 Å². The summed E-state index contributed by atoms with van der Waals surface area (Å²) in [7, 11) is 0. The molecule has 0 spiro atoms. The number of fused-ring (bicyclic) bond motifs is 1. The molecule has 2 N–H and O–H groups in total. The van der Waals surface area contributed by atoms with Crippen molar-refractivity contribution in [3.05, 3.63) is 100 Å². The molecule has 140 valence electrons. The summed E-state index contributed by atoms with van der Waals surface area (Å²) in [5.41, 5.74) is 5.74. The number of carbonyl (C=O) groups is 1. The van der Waals surface area contributed by atoms with Gasteiger partial charge in [-0.1, -0.05) is 82.7 Å². The largest absolute Gasteiger partial charge is 0.494 e.